The van der Waals surface area contributed by atoms with Gasteiger partial charge in [-0.1, -0.05) is 30.3 Å². The van der Waals surface area contributed by atoms with Crippen molar-refractivity contribution in [3.63, 3.8) is 0 Å². The molecule has 3 rings (SSSR count). The van der Waals surface area contributed by atoms with Crippen molar-refractivity contribution in [3.8, 4) is 0 Å². The zero-order chi connectivity index (χ0) is 18.4. The Bertz CT molecular complexity index is 891. The molecule has 0 saturated heterocycles. The van der Waals surface area contributed by atoms with Crippen molar-refractivity contribution in [1.29, 1.82) is 0 Å². The fourth-order valence-corrected chi connectivity index (χ4v) is 2.31. The summed E-state index contributed by atoms with van der Waals surface area (Å²) in [6, 6.07) is 16.6. The highest BCUT2D eigenvalue weighted by Crippen LogP contribution is 2.12. The summed E-state index contributed by atoms with van der Waals surface area (Å²) in [6.45, 7) is 2.10. The second-order valence-corrected chi connectivity index (χ2v) is 5.72. The molecule has 2 N–H and O–H groups in total. The lowest BCUT2D eigenvalue weighted by molar-refractivity contribution is 0.101. The van der Waals surface area contributed by atoms with Crippen molar-refractivity contribution in [2.75, 3.05) is 10.6 Å². The Labute approximate surface area is 151 Å². The number of rotatable bonds is 6. The summed E-state index contributed by atoms with van der Waals surface area (Å²) in [5.41, 5.74) is 2.67. The third kappa shape index (κ3) is 4.51. The molecule has 0 aliphatic heterocycles. The van der Waals surface area contributed by atoms with Crippen LogP contribution in [0.3, 0.4) is 0 Å². The molecule has 0 fully saturated rings. The molecule has 3 aromatic rings. The maximum absolute atomic E-state index is 12.2. The van der Waals surface area contributed by atoms with Gasteiger partial charge in [-0.3, -0.25) is 9.59 Å². The summed E-state index contributed by atoms with van der Waals surface area (Å²) in [5.74, 6) is 0.126. The number of carbonyl (C=O) groups excluding carboxylic acids is 2. The van der Waals surface area contributed by atoms with Crippen LogP contribution in [0.1, 0.15) is 33.2 Å². The highest BCUT2D eigenvalue weighted by atomic mass is 16.1. The van der Waals surface area contributed by atoms with Gasteiger partial charge < -0.3 is 10.6 Å². The van der Waals surface area contributed by atoms with Gasteiger partial charge in [-0.05, 0) is 36.8 Å². The normalized spacial score (nSPS) is 10.2. The second-order valence-electron chi connectivity index (χ2n) is 5.72. The Morgan fingerprint density at radius 1 is 0.885 bits per heavy atom. The van der Waals surface area contributed by atoms with Crippen molar-refractivity contribution in [3.05, 3.63) is 83.7 Å². The number of benzene rings is 2. The van der Waals surface area contributed by atoms with Crippen LogP contribution in [0.5, 0.6) is 0 Å². The van der Waals surface area contributed by atoms with E-state index in [1.807, 2.05) is 30.3 Å². The van der Waals surface area contributed by atoms with Crippen LogP contribution in [0.4, 0.5) is 11.6 Å². The van der Waals surface area contributed by atoms with Crippen molar-refractivity contribution in [2.45, 2.75) is 13.5 Å². The van der Waals surface area contributed by atoms with Gasteiger partial charge in [0.05, 0.1) is 5.56 Å². The predicted octanol–water partition coefficient (Wildman–Crippen LogP) is 3.54. The molecule has 1 heterocycles. The monoisotopic (exact) mass is 346 g/mol. The number of hydrogen-bond acceptors (Lipinski definition) is 5. The highest BCUT2D eigenvalue weighted by Gasteiger charge is 2.08. The van der Waals surface area contributed by atoms with Crippen LogP contribution in [0.2, 0.25) is 0 Å². The molecule has 0 atom stereocenters. The molecule has 1 amide bonds. The number of carbonyl (C=O) groups is 2. The molecule has 2 aromatic carbocycles. The van der Waals surface area contributed by atoms with Crippen molar-refractivity contribution in [2.24, 2.45) is 0 Å². The van der Waals surface area contributed by atoms with Gasteiger partial charge in [0.1, 0.15) is 0 Å². The molecule has 0 aliphatic carbocycles. The Morgan fingerprint density at radius 3 is 2.15 bits per heavy atom. The van der Waals surface area contributed by atoms with Crippen LogP contribution in [0, 0.1) is 0 Å². The summed E-state index contributed by atoms with van der Waals surface area (Å²) in [4.78, 5) is 31.8. The zero-order valence-electron chi connectivity index (χ0n) is 14.3. The summed E-state index contributed by atoms with van der Waals surface area (Å²) in [6.07, 6.45) is 2.94. The maximum atomic E-state index is 12.2. The first-order chi connectivity index (χ1) is 12.6. The van der Waals surface area contributed by atoms with Gasteiger partial charge in [0.2, 0.25) is 5.95 Å². The highest BCUT2D eigenvalue weighted by molar-refractivity contribution is 6.04. The van der Waals surface area contributed by atoms with Gasteiger partial charge in [0, 0.05) is 30.2 Å². The first kappa shape index (κ1) is 17.3. The Balaban J connectivity index is 1.58. The number of aromatic nitrogens is 2. The summed E-state index contributed by atoms with van der Waals surface area (Å²) in [7, 11) is 0. The molecule has 6 heteroatoms. The number of hydrogen-bond donors (Lipinski definition) is 2. The van der Waals surface area contributed by atoms with Crippen LogP contribution in [0.25, 0.3) is 0 Å². The van der Waals surface area contributed by atoms with E-state index in [9.17, 15) is 9.59 Å². The van der Waals surface area contributed by atoms with Crippen molar-refractivity contribution in [1.82, 2.24) is 9.97 Å². The van der Waals surface area contributed by atoms with Crippen LogP contribution < -0.4 is 10.6 Å². The number of ketones is 1. The molecule has 0 saturated carbocycles. The molecule has 130 valence electrons. The zero-order valence-corrected chi connectivity index (χ0v) is 14.3. The minimum absolute atomic E-state index is 0.0186. The standard InChI is InChI=1S/C20H18N4O2/c1-14(25)16-7-9-18(10-8-16)24-19(26)17-12-22-20(23-13-17)21-11-15-5-3-2-4-6-15/h2-10,12-13H,11H2,1H3,(H,24,26)(H,21,22,23). The average molecular weight is 346 g/mol. The molecule has 0 aliphatic rings. The summed E-state index contributed by atoms with van der Waals surface area (Å²) in [5, 5.41) is 5.86. The minimum atomic E-state index is -0.310. The van der Waals surface area contributed by atoms with Gasteiger partial charge in [-0.2, -0.15) is 0 Å². The Kier molecular flexibility index (Phi) is 5.34. The molecule has 0 unspecified atom stereocenters. The first-order valence-electron chi connectivity index (χ1n) is 8.14. The van der Waals surface area contributed by atoms with E-state index in [4.69, 9.17) is 0 Å². The van der Waals surface area contributed by atoms with Gasteiger partial charge in [0.15, 0.2) is 5.78 Å². The van der Waals surface area contributed by atoms with Crippen molar-refractivity contribution < 1.29 is 9.59 Å². The second kappa shape index (κ2) is 8.02. The van der Waals surface area contributed by atoms with E-state index in [2.05, 4.69) is 20.6 Å². The fraction of sp³-hybridized carbons (Fsp3) is 0.100. The number of Topliss-reactive ketones (excluding diaryl/α,β-unsaturated/α-hetero) is 1. The quantitative estimate of drug-likeness (QED) is 0.667. The van der Waals surface area contributed by atoms with Gasteiger partial charge in [0.25, 0.3) is 5.91 Å². The third-order valence-electron chi connectivity index (χ3n) is 3.76. The number of nitrogens with zero attached hydrogens (tertiary/aromatic N) is 2. The van der Waals surface area contributed by atoms with Gasteiger partial charge in [-0.15, -0.1) is 0 Å². The average Bonchev–Trinajstić information content (AvgIpc) is 2.68. The number of nitrogens with one attached hydrogen (secondary N) is 2. The molecule has 6 nitrogen and oxygen atoms in total. The minimum Gasteiger partial charge on any atom is -0.350 e. The van der Waals surface area contributed by atoms with E-state index in [0.29, 0.717) is 29.3 Å². The van der Waals surface area contributed by atoms with Crippen LogP contribution >= 0.6 is 0 Å². The van der Waals surface area contributed by atoms with E-state index in [0.717, 1.165) is 5.56 Å². The van der Waals surface area contributed by atoms with Crippen LogP contribution in [-0.4, -0.2) is 21.7 Å². The Morgan fingerprint density at radius 2 is 1.54 bits per heavy atom. The molecule has 0 radical (unpaired) electrons. The van der Waals surface area contributed by atoms with Crippen LogP contribution in [0.15, 0.2) is 67.0 Å². The van der Waals surface area contributed by atoms with E-state index >= 15 is 0 Å². The van der Waals surface area contributed by atoms with E-state index in [-0.39, 0.29) is 11.7 Å². The lowest BCUT2D eigenvalue weighted by Crippen LogP contribution is -2.13. The smallest absolute Gasteiger partial charge is 0.258 e. The van der Waals surface area contributed by atoms with E-state index in [1.54, 1.807) is 24.3 Å². The summed E-state index contributed by atoms with van der Waals surface area (Å²) < 4.78 is 0. The maximum Gasteiger partial charge on any atom is 0.258 e. The largest absolute Gasteiger partial charge is 0.350 e. The van der Waals surface area contributed by atoms with Crippen LogP contribution in [-0.2, 0) is 6.54 Å². The molecule has 0 spiro atoms. The molecule has 1 aromatic heterocycles. The van der Waals surface area contributed by atoms with E-state index in [1.165, 1.54) is 19.3 Å². The molecule has 0 bridgehead atoms. The van der Waals surface area contributed by atoms with E-state index < -0.39 is 0 Å². The first-order valence-corrected chi connectivity index (χ1v) is 8.14. The SMILES string of the molecule is CC(=O)c1ccc(NC(=O)c2cnc(NCc3ccccc3)nc2)cc1. The number of amides is 1. The van der Waals surface area contributed by atoms with Gasteiger partial charge >= 0.3 is 0 Å². The lowest BCUT2D eigenvalue weighted by Gasteiger charge is -2.07. The fourth-order valence-electron chi connectivity index (χ4n) is 2.31. The topological polar surface area (TPSA) is 84.0 Å². The van der Waals surface area contributed by atoms with Crippen molar-refractivity contribution >= 4 is 23.3 Å². The lowest BCUT2D eigenvalue weighted by atomic mass is 10.1. The molecular formula is C20H18N4O2. The predicted molar refractivity (Wildman–Crippen MR) is 100 cm³/mol. The summed E-state index contributed by atoms with van der Waals surface area (Å²) >= 11 is 0. The Hall–Kier alpha value is -3.54. The third-order valence-corrected chi connectivity index (χ3v) is 3.76. The number of anilines is 2. The van der Waals surface area contributed by atoms with Gasteiger partial charge in [-0.25, -0.2) is 9.97 Å². The molecule has 26 heavy (non-hydrogen) atoms. The molecular weight excluding hydrogens is 328 g/mol.